The molecule has 0 saturated heterocycles. The van der Waals surface area contributed by atoms with E-state index in [1.54, 1.807) is 13.0 Å². The van der Waals surface area contributed by atoms with Crippen molar-refractivity contribution in [2.24, 2.45) is 0 Å². The number of fused-ring (bicyclic) bond motifs is 1. The van der Waals surface area contributed by atoms with E-state index in [4.69, 9.17) is 16.3 Å². The van der Waals surface area contributed by atoms with E-state index >= 15 is 0 Å². The van der Waals surface area contributed by atoms with Crippen molar-refractivity contribution in [1.82, 2.24) is 14.6 Å². The predicted octanol–water partition coefficient (Wildman–Crippen LogP) is 4.79. The third kappa shape index (κ3) is 3.20. The van der Waals surface area contributed by atoms with Gasteiger partial charge >= 0.3 is 0 Å². The van der Waals surface area contributed by atoms with E-state index in [2.05, 4.69) is 10.1 Å². The number of aromatic nitrogens is 3. The Kier molecular flexibility index (Phi) is 4.52. The van der Waals surface area contributed by atoms with Crippen molar-refractivity contribution >= 4 is 17.1 Å². The number of halogens is 3. The second-order valence-electron chi connectivity index (χ2n) is 6.06. The van der Waals surface area contributed by atoms with Gasteiger partial charge in [0.15, 0.2) is 11.6 Å². The maximum atomic E-state index is 14.3. The van der Waals surface area contributed by atoms with Crippen LogP contribution in [-0.2, 0) is 0 Å². The molecule has 2 aromatic carbocycles. The van der Waals surface area contributed by atoms with E-state index in [1.807, 2.05) is 0 Å². The molecule has 0 fully saturated rings. The molecule has 4 rings (SSSR count). The fourth-order valence-electron chi connectivity index (χ4n) is 2.81. The summed E-state index contributed by atoms with van der Waals surface area (Å²) in [6.45, 7) is 1.76. The second kappa shape index (κ2) is 7.01. The first kappa shape index (κ1) is 18.1. The molecule has 5 nitrogen and oxygen atoms in total. The summed E-state index contributed by atoms with van der Waals surface area (Å²) in [5.41, 5.74) is 0.311. The van der Waals surface area contributed by atoms with Gasteiger partial charge in [0.25, 0.3) is 5.56 Å². The van der Waals surface area contributed by atoms with Crippen LogP contribution in [0.4, 0.5) is 8.78 Å². The summed E-state index contributed by atoms with van der Waals surface area (Å²) < 4.78 is 35.1. The molecule has 140 valence electrons. The third-order valence-corrected chi connectivity index (χ3v) is 4.42. The van der Waals surface area contributed by atoms with E-state index in [1.165, 1.54) is 53.3 Å². The first-order valence-corrected chi connectivity index (χ1v) is 8.59. The molecule has 4 aromatic rings. The van der Waals surface area contributed by atoms with Gasteiger partial charge in [0.05, 0.1) is 16.1 Å². The molecule has 0 spiro atoms. The van der Waals surface area contributed by atoms with Crippen molar-refractivity contribution < 1.29 is 13.5 Å². The van der Waals surface area contributed by atoms with E-state index in [0.29, 0.717) is 0 Å². The van der Waals surface area contributed by atoms with E-state index in [9.17, 15) is 13.6 Å². The second-order valence-corrected chi connectivity index (χ2v) is 6.47. The highest BCUT2D eigenvalue weighted by molar-refractivity contribution is 6.33. The average molecular weight is 400 g/mol. The van der Waals surface area contributed by atoms with Crippen LogP contribution < -0.4 is 10.3 Å². The van der Waals surface area contributed by atoms with Crippen molar-refractivity contribution in [2.45, 2.75) is 6.92 Å². The zero-order valence-electron chi connectivity index (χ0n) is 14.5. The van der Waals surface area contributed by atoms with E-state index in [-0.39, 0.29) is 33.3 Å². The van der Waals surface area contributed by atoms with Crippen LogP contribution in [0, 0.1) is 18.6 Å². The molecular formula is C20H12ClF2N3O2. The van der Waals surface area contributed by atoms with E-state index in [0.717, 1.165) is 5.56 Å². The van der Waals surface area contributed by atoms with Gasteiger partial charge in [-0.25, -0.2) is 13.3 Å². The maximum absolute atomic E-state index is 14.3. The Bertz CT molecular complexity index is 1250. The van der Waals surface area contributed by atoms with Crippen molar-refractivity contribution in [3.8, 4) is 22.8 Å². The van der Waals surface area contributed by atoms with Gasteiger partial charge in [-0.2, -0.15) is 4.98 Å². The van der Waals surface area contributed by atoms with Gasteiger partial charge in [-0.05, 0) is 42.8 Å². The molecule has 0 aliphatic rings. The van der Waals surface area contributed by atoms with Gasteiger partial charge in [-0.3, -0.25) is 4.79 Å². The molecule has 0 aliphatic heterocycles. The Morgan fingerprint density at radius 1 is 1.04 bits per heavy atom. The van der Waals surface area contributed by atoms with Gasteiger partial charge in [-0.1, -0.05) is 23.7 Å². The van der Waals surface area contributed by atoms with Crippen LogP contribution in [0.25, 0.3) is 16.6 Å². The molecule has 0 atom stereocenters. The van der Waals surface area contributed by atoms with Crippen LogP contribution in [0.5, 0.6) is 11.6 Å². The van der Waals surface area contributed by atoms with Crippen LogP contribution in [0.2, 0.25) is 5.02 Å². The molecule has 0 amide bonds. The average Bonchev–Trinajstić information content (AvgIpc) is 2.65. The molecule has 0 radical (unpaired) electrons. The summed E-state index contributed by atoms with van der Waals surface area (Å²) in [5.74, 6) is -1.10. The quantitative estimate of drug-likeness (QED) is 0.497. The van der Waals surface area contributed by atoms with E-state index < -0.39 is 17.2 Å². The highest BCUT2D eigenvalue weighted by atomic mass is 35.5. The Hall–Kier alpha value is -3.32. The Labute approximate surface area is 162 Å². The molecular weight excluding hydrogens is 388 g/mol. The van der Waals surface area contributed by atoms with Gasteiger partial charge in [0.2, 0.25) is 5.88 Å². The minimum absolute atomic E-state index is 0.00354. The number of benzene rings is 2. The molecule has 8 heteroatoms. The summed E-state index contributed by atoms with van der Waals surface area (Å²) in [7, 11) is 0. The smallest absolute Gasteiger partial charge is 0.281 e. The first-order chi connectivity index (χ1) is 13.4. The van der Waals surface area contributed by atoms with Crippen molar-refractivity contribution in [2.75, 3.05) is 0 Å². The predicted molar refractivity (Wildman–Crippen MR) is 101 cm³/mol. The molecule has 2 heterocycles. The van der Waals surface area contributed by atoms with Crippen LogP contribution >= 0.6 is 11.6 Å². The molecule has 0 N–H and O–H groups in total. The molecule has 0 aliphatic carbocycles. The molecule has 0 saturated carbocycles. The fourth-order valence-corrected chi connectivity index (χ4v) is 3.07. The van der Waals surface area contributed by atoms with Gasteiger partial charge < -0.3 is 4.74 Å². The highest BCUT2D eigenvalue weighted by Gasteiger charge is 2.18. The number of aryl methyl sites for hydroxylation is 1. The first-order valence-electron chi connectivity index (χ1n) is 8.21. The molecule has 0 unspecified atom stereocenters. The van der Waals surface area contributed by atoms with Gasteiger partial charge in [0, 0.05) is 11.6 Å². The zero-order valence-corrected chi connectivity index (χ0v) is 15.2. The Balaban J connectivity index is 1.84. The number of hydrogen-bond acceptors (Lipinski definition) is 4. The van der Waals surface area contributed by atoms with Crippen molar-refractivity contribution in [3.05, 3.63) is 87.4 Å². The number of hydrogen-bond donors (Lipinski definition) is 0. The minimum atomic E-state index is -0.651. The standard InChI is InChI=1S/C20H12ClF2N3O2/c1-11-5-7-16(14(23)9-11)28-17-8-6-15-19(20(27)24-10-26(15)25-17)18-12(21)3-2-4-13(18)22/h2-10H,1H3. The third-order valence-electron chi connectivity index (χ3n) is 4.11. The lowest BCUT2D eigenvalue weighted by molar-refractivity contribution is 0.419. The fraction of sp³-hybridized carbons (Fsp3) is 0.0500. The number of ether oxygens (including phenoxy) is 1. The van der Waals surface area contributed by atoms with Crippen molar-refractivity contribution in [3.63, 3.8) is 0 Å². The number of rotatable bonds is 3. The molecule has 28 heavy (non-hydrogen) atoms. The van der Waals surface area contributed by atoms with Crippen LogP contribution in [0.1, 0.15) is 5.56 Å². The molecule has 2 aromatic heterocycles. The van der Waals surface area contributed by atoms with Gasteiger partial charge in [-0.15, -0.1) is 5.10 Å². The topological polar surface area (TPSA) is 56.5 Å². The monoisotopic (exact) mass is 399 g/mol. The zero-order chi connectivity index (χ0) is 19.8. The van der Waals surface area contributed by atoms with Gasteiger partial charge in [0.1, 0.15) is 12.1 Å². The van der Waals surface area contributed by atoms with Crippen molar-refractivity contribution in [1.29, 1.82) is 0 Å². The largest absolute Gasteiger partial charge is 0.435 e. The lowest BCUT2D eigenvalue weighted by atomic mass is 10.1. The van der Waals surface area contributed by atoms with Crippen LogP contribution in [0.3, 0.4) is 0 Å². The Morgan fingerprint density at radius 3 is 2.61 bits per heavy atom. The van der Waals surface area contributed by atoms with Crippen LogP contribution in [0.15, 0.2) is 59.7 Å². The minimum Gasteiger partial charge on any atom is -0.435 e. The summed E-state index contributed by atoms with van der Waals surface area (Å²) in [4.78, 5) is 16.1. The summed E-state index contributed by atoms with van der Waals surface area (Å²) in [6.07, 6.45) is 1.17. The maximum Gasteiger partial charge on any atom is 0.281 e. The van der Waals surface area contributed by atoms with Crippen LogP contribution in [-0.4, -0.2) is 14.6 Å². The summed E-state index contributed by atoms with van der Waals surface area (Å²) in [6, 6.07) is 11.6. The SMILES string of the molecule is Cc1ccc(Oc2ccc3c(-c4c(F)cccc4Cl)c(=O)ncn3n2)c(F)c1. The lowest BCUT2D eigenvalue weighted by Crippen LogP contribution is -2.14. The highest BCUT2D eigenvalue weighted by Crippen LogP contribution is 2.31. The Morgan fingerprint density at radius 2 is 1.86 bits per heavy atom. The number of nitrogens with zero attached hydrogens (tertiary/aromatic N) is 3. The molecule has 0 bridgehead atoms. The summed E-state index contributed by atoms with van der Waals surface area (Å²) in [5, 5.41) is 4.26. The lowest BCUT2D eigenvalue weighted by Gasteiger charge is -2.11. The normalized spacial score (nSPS) is 11.0. The summed E-state index contributed by atoms with van der Waals surface area (Å²) >= 11 is 6.10.